The number of ketones is 1. The summed E-state index contributed by atoms with van der Waals surface area (Å²) in [5.41, 5.74) is 5.69. The summed E-state index contributed by atoms with van der Waals surface area (Å²) in [5.74, 6) is 0.344. The Hall–Kier alpha value is -1.75. The Labute approximate surface area is 100 Å². The summed E-state index contributed by atoms with van der Waals surface area (Å²) >= 11 is 0. The van der Waals surface area contributed by atoms with E-state index in [2.05, 4.69) is 0 Å². The standard InChI is InChI=1S/C12H17NO4/c1-3-17-11-7-8(9(14)4-5-13)6-10(15)12(11)16-2/h6-7,15H,3-5,13H2,1-2H3. The topological polar surface area (TPSA) is 81.8 Å². The van der Waals surface area contributed by atoms with Crippen molar-refractivity contribution < 1.29 is 19.4 Å². The fourth-order valence-electron chi connectivity index (χ4n) is 1.49. The number of aromatic hydroxyl groups is 1. The summed E-state index contributed by atoms with van der Waals surface area (Å²) in [7, 11) is 1.43. The summed E-state index contributed by atoms with van der Waals surface area (Å²) in [4.78, 5) is 11.7. The Balaban J connectivity index is 3.14. The van der Waals surface area contributed by atoms with Crippen LogP contribution in [0, 0.1) is 0 Å². The number of hydrogen-bond acceptors (Lipinski definition) is 5. The van der Waals surface area contributed by atoms with Crippen LogP contribution in [0.2, 0.25) is 0 Å². The van der Waals surface area contributed by atoms with E-state index >= 15 is 0 Å². The van der Waals surface area contributed by atoms with Crippen molar-refractivity contribution in [1.29, 1.82) is 0 Å². The van der Waals surface area contributed by atoms with Gasteiger partial charge in [0.1, 0.15) is 0 Å². The van der Waals surface area contributed by atoms with Gasteiger partial charge in [-0.15, -0.1) is 0 Å². The molecule has 1 rings (SSSR count). The maximum absolute atomic E-state index is 11.7. The van der Waals surface area contributed by atoms with Gasteiger partial charge in [-0.3, -0.25) is 4.79 Å². The van der Waals surface area contributed by atoms with E-state index in [0.717, 1.165) is 0 Å². The van der Waals surface area contributed by atoms with Crippen molar-refractivity contribution in [3.05, 3.63) is 17.7 Å². The van der Waals surface area contributed by atoms with Gasteiger partial charge in [-0.1, -0.05) is 0 Å². The van der Waals surface area contributed by atoms with E-state index < -0.39 is 0 Å². The molecule has 0 heterocycles. The highest BCUT2D eigenvalue weighted by Gasteiger charge is 2.15. The van der Waals surface area contributed by atoms with Crippen molar-refractivity contribution in [2.75, 3.05) is 20.3 Å². The second kappa shape index (κ2) is 6.10. The minimum Gasteiger partial charge on any atom is -0.504 e. The van der Waals surface area contributed by atoms with E-state index in [1.165, 1.54) is 13.2 Å². The predicted molar refractivity (Wildman–Crippen MR) is 63.8 cm³/mol. The number of benzene rings is 1. The minimum atomic E-state index is -0.133. The van der Waals surface area contributed by atoms with Gasteiger partial charge in [0.15, 0.2) is 17.3 Å². The van der Waals surface area contributed by atoms with E-state index in [-0.39, 0.29) is 30.2 Å². The van der Waals surface area contributed by atoms with Crippen LogP contribution in [0.4, 0.5) is 0 Å². The Kier molecular flexibility index (Phi) is 4.78. The fourth-order valence-corrected chi connectivity index (χ4v) is 1.49. The molecule has 0 aromatic heterocycles. The van der Waals surface area contributed by atoms with Crippen LogP contribution in [0.15, 0.2) is 12.1 Å². The molecule has 0 saturated heterocycles. The highest BCUT2D eigenvalue weighted by molar-refractivity contribution is 5.97. The Morgan fingerprint density at radius 3 is 2.71 bits per heavy atom. The summed E-state index contributed by atoms with van der Waals surface area (Å²) < 4.78 is 10.3. The van der Waals surface area contributed by atoms with E-state index in [1.54, 1.807) is 6.07 Å². The maximum Gasteiger partial charge on any atom is 0.203 e. The maximum atomic E-state index is 11.7. The molecular formula is C12H17NO4. The van der Waals surface area contributed by atoms with Gasteiger partial charge in [0.2, 0.25) is 5.75 Å². The molecular weight excluding hydrogens is 222 g/mol. The van der Waals surface area contributed by atoms with Gasteiger partial charge in [-0.05, 0) is 25.6 Å². The zero-order chi connectivity index (χ0) is 12.8. The lowest BCUT2D eigenvalue weighted by molar-refractivity contribution is 0.0984. The molecule has 1 aromatic carbocycles. The lowest BCUT2D eigenvalue weighted by atomic mass is 10.1. The number of phenols is 1. The summed E-state index contributed by atoms with van der Waals surface area (Å²) in [6, 6.07) is 2.92. The molecule has 0 aliphatic carbocycles. The Bertz CT molecular complexity index is 404. The molecule has 5 heteroatoms. The molecule has 0 saturated carbocycles. The zero-order valence-electron chi connectivity index (χ0n) is 10.0. The molecule has 0 aliphatic rings. The molecule has 5 nitrogen and oxygen atoms in total. The number of rotatable bonds is 6. The normalized spacial score (nSPS) is 10.1. The third-order valence-corrected chi connectivity index (χ3v) is 2.23. The Morgan fingerprint density at radius 2 is 2.18 bits per heavy atom. The van der Waals surface area contributed by atoms with Crippen LogP contribution in [0.1, 0.15) is 23.7 Å². The number of methoxy groups -OCH3 is 1. The van der Waals surface area contributed by atoms with Crippen molar-refractivity contribution in [3.63, 3.8) is 0 Å². The third-order valence-electron chi connectivity index (χ3n) is 2.23. The predicted octanol–water partition coefficient (Wildman–Crippen LogP) is 1.33. The highest BCUT2D eigenvalue weighted by Crippen LogP contribution is 2.37. The molecule has 0 radical (unpaired) electrons. The molecule has 0 bridgehead atoms. The van der Waals surface area contributed by atoms with Crippen molar-refractivity contribution in [1.82, 2.24) is 0 Å². The first-order chi connectivity index (χ1) is 8.13. The Morgan fingerprint density at radius 1 is 1.47 bits per heavy atom. The lowest BCUT2D eigenvalue weighted by Gasteiger charge is -2.12. The van der Waals surface area contributed by atoms with Crippen LogP contribution < -0.4 is 15.2 Å². The molecule has 0 spiro atoms. The van der Waals surface area contributed by atoms with Crippen LogP contribution in [-0.2, 0) is 0 Å². The number of Topliss-reactive ketones (excluding diaryl/α,β-unsaturated/α-hetero) is 1. The van der Waals surface area contributed by atoms with Gasteiger partial charge in [-0.25, -0.2) is 0 Å². The van der Waals surface area contributed by atoms with Crippen LogP contribution in [0.3, 0.4) is 0 Å². The summed E-state index contributed by atoms with van der Waals surface area (Å²) in [6.07, 6.45) is 0.233. The monoisotopic (exact) mass is 239 g/mol. The average molecular weight is 239 g/mol. The fraction of sp³-hybridized carbons (Fsp3) is 0.417. The van der Waals surface area contributed by atoms with Crippen LogP contribution in [-0.4, -0.2) is 31.2 Å². The first-order valence-corrected chi connectivity index (χ1v) is 5.41. The van der Waals surface area contributed by atoms with E-state index in [9.17, 15) is 9.90 Å². The van der Waals surface area contributed by atoms with Crippen molar-refractivity contribution in [2.24, 2.45) is 5.73 Å². The highest BCUT2D eigenvalue weighted by atomic mass is 16.5. The molecule has 17 heavy (non-hydrogen) atoms. The molecule has 0 unspecified atom stereocenters. The van der Waals surface area contributed by atoms with Gasteiger partial charge in [0.25, 0.3) is 0 Å². The molecule has 94 valence electrons. The molecule has 0 atom stereocenters. The number of phenolic OH excluding ortho intramolecular Hbond substituents is 1. The summed E-state index contributed by atoms with van der Waals surface area (Å²) in [6.45, 7) is 2.50. The SMILES string of the molecule is CCOc1cc(C(=O)CCN)cc(O)c1OC. The molecule has 0 amide bonds. The second-order valence-corrected chi connectivity index (χ2v) is 3.42. The molecule has 0 aliphatic heterocycles. The first-order valence-electron chi connectivity index (χ1n) is 5.41. The van der Waals surface area contributed by atoms with E-state index in [1.807, 2.05) is 6.92 Å². The molecule has 3 N–H and O–H groups in total. The average Bonchev–Trinajstić information content (AvgIpc) is 2.29. The van der Waals surface area contributed by atoms with Gasteiger partial charge < -0.3 is 20.3 Å². The number of carbonyl (C=O) groups is 1. The first kappa shape index (κ1) is 13.3. The van der Waals surface area contributed by atoms with Gasteiger partial charge >= 0.3 is 0 Å². The molecule has 1 aromatic rings. The minimum absolute atomic E-state index is 0.112. The second-order valence-electron chi connectivity index (χ2n) is 3.42. The van der Waals surface area contributed by atoms with Crippen LogP contribution >= 0.6 is 0 Å². The van der Waals surface area contributed by atoms with Crippen molar-refractivity contribution in [2.45, 2.75) is 13.3 Å². The number of ether oxygens (including phenoxy) is 2. The van der Waals surface area contributed by atoms with Gasteiger partial charge in [-0.2, -0.15) is 0 Å². The van der Waals surface area contributed by atoms with Gasteiger partial charge in [0, 0.05) is 12.0 Å². The summed E-state index contributed by atoms with van der Waals surface area (Å²) in [5, 5.41) is 9.73. The smallest absolute Gasteiger partial charge is 0.203 e. The van der Waals surface area contributed by atoms with Crippen LogP contribution in [0.25, 0.3) is 0 Å². The van der Waals surface area contributed by atoms with Crippen LogP contribution in [0.5, 0.6) is 17.2 Å². The third kappa shape index (κ3) is 3.10. The number of carbonyl (C=O) groups excluding carboxylic acids is 1. The van der Waals surface area contributed by atoms with Crippen molar-refractivity contribution in [3.8, 4) is 17.2 Å². The van der Waals surface area contributed by atoms with Gasteiger partial charge in [0.05, 0.1) is 13.7 Å². The number of nitrogens with two attached hydrogens (primary N) is 1. The zero-order valence-corrected chi connectivity index (χ0v) is 10.0. The lowest BCUT2D eigenvalue weighted by Crippen LogP contribution is -2.08. The van der Waals surface area contributed by atoms with E-state index in [0.29, 0.717) is 17.9 Å². The van der Waals surface area contributed by atoms with E-state index in [4.69, 9.17) is 15.2 Å². The largest absolute Gasteiger partial charge is 0.504 e. The quantitative estimate of drug-likeness (QED) is 0.732. The van der Waals surface area contributed by atoms with Crippen molar-refractivity contribution >= 4 is 5.78 Å². The molecule has 0 fully saturated rings. The number of hydrogen-bond donors (Lipinski definition) is 2.